The van der Waals surface area contributed by atoms with E-state index in [0.29, 0.717) is 5.75 Å². The van der Waals surface area contributed by atoms with E-state index >= 15 is 0 Å². The lowest BCUT2D eigenvalue weighted by molar-refractivity contribution is 0.121. The summed E-state index contributed by atoms with van der Waals surface area (Å²) in [6.07, 6.45) is -0.715. The normalized spacial score (nSPS) is 10.4. The van der Waals surface area contributed by atoms with E-state index in [0.717, 1.165) is 4.90 Å². The largest absolute Gasteiger partial charge is 0.513 e. The molecular formula is C20H17O3S+. The van der Waals surface area contributed by atoms with Gasteiger partial charge in [-0.05, 0) is 48.5 Å². The second-order valence-electron chi connectivity index (χ2n) is 4.96. The average molecular weight is 337 g/mol. The molecule has 3 rings (SSSR count). The highest BCUT2D eigenvalue weighted by atomic mass is 32.2. The minimum Gasteiger partial charge on any atom is -0.437 e. The maximum absolute atomic E-state index is 11.2. The van der Waals surface area contributed by atoms with Gasteiger partial charge in [-0.25, -0.2) is 4.79 Å². The first-order valence-electron chi connectivity index (χ1n) is 7.48. The summed E-state index contributed by atoms with van der Waals surface area (Å²) in [4.78, 5) is 14.8. The lowest BCUT2D eigenvalue weighted by atomic mass is 10.3. The van der Waals surface area contributed by atoms with Gasteiger partial charge in [0.15, 0.2) is 14.7 Å². The zero-order chi connectivity index (χ0) is 16.8. The van der Waals surface area contributed by atoms with E-state index in [1.807, 2.05) is 48.5 Å². The number of carbonyl (C=O) groups excluding carboxylic acids is 1. The van der Waals surface area contributed by atoms with Crippen LogP contribution in [-0.4, -0.2) is 13.3 Å². The van der Waals surface area contributed by atoms with E-state index in [9.17, 15) is 4.79 Å². The fourth-order valence-electron chi connectivity index (χ4n) is 2.30. The van der Waals surface area contributed by atoms with Crippen molar-refractivity contribution in [1.29, 1.82) is 0 Å². The van der Waals surface area contributed by atoms with E-state index in [4.69, 9.17) is 4.74 Å². The highest BCUT2D eigenvalue weighted by molar-refractivity contribution is 7.97. The lowest BCUT2D eigenvalue weighted by Gasteiger charge is -2.08. The molecule has 0 radical (unpaired) electrons. The van der Waals surface area contributed by atoms with Crippen molar-refractivity contribution in [3.05, 3.63) is 84.9 Å². The summed E-state index contributed by atoms with van der Waals surface area (Å²) in [6, 6.07) is 28.3. The highest BCUT2D eigenvalue weighted by Crippen LogP contribution is 2.31. The maximum Gasteiger partial charge on any atom is 0.513 e. The number of ether oxygens (including phenoxy) is 2. The van der Waals surface area contributed by atoms with Gasteiger partial charge < -0.3 is 9.47 Å². The van der Waals surface area contributed by atoms with Crippen molar-refractivity contribution in [1.82, 2.24) is 0 Å². The summed E-state index contributed by atoms with van der Waals surface area (Å²) in [5.41, 5.74) is 0. The summed E-state index contributed by atoms with van der Waals surface area (Å²) in [6.45, 7) is 0. The fourth-order valence-corrected chi connectivity index (χ4v) is 4.39. The fraction of sp³-hybridized carbons (Fsp3) is 0.0500. The topological polar surface area (TPSA) is 35.5 Å². The predicted octanol–water partition coefficient (Wildman–Crippen LogP) is 4.93. The molecule has 0 aliphatic heterocycles. The molecule has 0 bridgehead atoms. The zero-order valence-corrected chi connectivity index (χ0v) is 14.0. The molecule has 0 fully saturated rings. The number of rotatable bonds is 4. The summed E-state index contributed by atoms with van der Waals surface area (Å²) < 4.78 is 9.56. The minimum absolute atomic E-state index is 0.209. The van der Waals surface area contributed by atoms with Crippen LogP contribution < -0.4 is 4.74 Å². The molecule has 3 nitrogen and oxygen atoms in total. The van der Waals surface area contributed by atoms with Gasteiger partial charge in [-0.1, -0.05) is 36.4 Å². The van der Waals surface area contributed by atoms with E-state index in [2.05, 4.69) is 29.0 Å². The second kappa shape index (κ2) is 7.70. The van der Waals surface area contributed by atoms with Crippen LogP contribution in [0.1, 0.15) is 0 Å². The third-order valence-electron chi connectivity index (χ3n) is 3.39. The van der Waals surface area contributed by atoms with Crippen LogP contribution in [0.3, 0.4) is 0 Å². The van der Waals surface area contributed by atoms with Gasteiger partial charge in [0, 0.05) is 0 Å². The van der Waals surface area contributed by atoms with Crippen LogP contribution in [0.15, 0.2) is 99.6 Å². The third kappa shape index (κ3) is 3.78. The number of hydrogen-bond acceptors (Lipinski definition) is 3. The van der Waals surface area contributed by atoms with Gasteiger partial charge in [0.05, 0.1) is 18.0 Å². The first-order valence-corrected chi connectivity index (χ1v) is 8.70. The molecule has 0 aliphatic carbocycles. The van der Waals surface area contributed by atoms with E-state index in [1.165, 1.54) is 16.9 Å². The average Bonchev–Trinajstić information content (AvgIpc) is 2.65. The molecule has 0 saturated heterocycles. The van der Waals surface area contributed by atoms with Crippen LogP contribution in [-0.2, 0) is 15.6 Å². The van der Waals surface area contributed by atoms with E-state index in [1.54, 1.807) is 12.1 Å². The van der Waals surface area contributed by atoms with Gasteiger partial charge >= 0.3 is 6.16 Å². The lowest BCUT2D eigenvalue weighted by Crippen LogP contribution is -2.08. The van der Waals surface area contributed by atoms with Gasteiger partial charge in [0.25, 0.3) is 0 Å². The third-order valence-corrected chi connectivity index (χ3v) is 5.62. The van der Waals surface area contributed by atoms with Crippen molar-refractivity contribution >= 4 is 17.1 Å². The van der Waals surface area contributed by atoms with Crippen LogP contribution in [0.25, 0.3) is 0 Å². The predicted molar refractivity (Wildman–Crippen MR) is 94.5 cm³/mol. The van der Waals surface area contributed by atoms with Crippen molar-refractivity contribution in [3.8, 4) is 5.75 Å². The van der Waals surface area contributed by atoms with Crippen molar-refractivity contribution in [2.24, 2.45) is 0 Å². The molecule has 0 heterocycles. The molecule has 0 amide bonds. The molecule has 4 heteroatoms. The molecule has 24 heavy (non-hydrogen) atoms. The molecule has 0 atom stereocenters. The van der Waals surface area contributed by atoms with Crippen LogP contribution in [0, 0.1) is 0 Å². The summed E-state index contributed by atoms with van der Waals surface area (Å²) in [5, 5.41) is 0. The summed E-state index contributed by atoms with van der Waals surface area (Å²) >= 11 is 0. The molecular weight excluding hydrogens is 320 g/mol. The maximum atomic E-state index is 11.2. The van der Waals surface area contributed by atoms with Crippen molar-refractivity contribution in [2.75, 3.05) is 7.11 Å². The smallest absolute Gasteiger partial charge is 0.437 e. The Morgan fingerprint density at radius 2 is 1.17 bits per heavy atom. The molecule has 0 spiro atoms. The standard InChI is InChI=1S/C20H17O3S/c1-22-20(21)23-16-12-14-19(15-13-16)24(17-8-4-2-5-9-17)18-10-6-3-7-11-18/h2-15H,1H3/q+1. The Morgan fingerprint density at radius 1 is 0.708 bits per heavy atom. The van der Waals surface area contributed by atoms with Crippen LogP contribution >= 0.6 is 0 Å². The van der Waals surface area contributed by atoms with Crippen LogP contribution in [0.5, 0.6) is 5.75 Å². The Labute approximate surface area is 144 Å². The zero-order valence-electron chi connectivity index (χ0n) is 13.2. The number of hydrogen-bond donors (Lipinski definition) is 0. The second-order valence-corrected chi connectivity index (χ2v) is 6.99. The Hall–Kier alpha value is -2.72. The van der Waals surface area contributed by atoms with Crippen LogP contribution in [0.2, 0.25) is 0 Å². The minimum atomic E-state index is -0.715. The molecule has 3 aromatic rings. The first kappa shape index (κ1) is 16.1. The SMILES string of the molecule is COC(=O)Oc1ccc([S+](c2ccccc2)c2ccccc2)cc1. The van der Waals surface area contributed by atoms with Crippen molar-refractivity contribution in [2.45, 2.75) is 14.7 Å². The van der Waals surface area contributed by atoms with Crippen molar-refractivity contribution in [3.63, 3.8) is 0 Å². The first-order chi connectivity index (χ1) is 11.8. The highest BCUT2D eigenvalue weighted by Gasteiger charge is 2.28. The Morgan fingerprint density at radius 3 is 1.62 bits per heavy atom. The number of carbonyl (C=O) groups is 1. The van der Waals surface area contributed by atoms with Crippen LogP contribution in [0.4, 0.5) is 4.79 Å². The summed E-state index contributed by atoms with van der Waals surface area (Å²) in [7, 11) is 1.08. The Balaban J connectivity index is 1.96. The molecule has 120 valence electrons. The molecule has 0 saturated carbocycles. The monoisotopic (exact) mass is 337 g/mol. The Bertz CT molecular complexity index is 747. The molecule has 0 aliphatic rings. The van der Waals surface area contributed by atoms with Gasteiger partial charge in [-0.15, -0.1) is 0 Å². The van der Waals surface area contributed by atoms with Crippen molar-refractivity contribution < 1.29 is 14.3 Å². The van der Waals surface area contributed by atoms with Gasteiger partial charge in [0.1, 0.15) is 5.75 Å². The van der Waals surface area contributed by atoms with E-state index < -0.39 is 6.16 Å². The van der Waals surface area contributed by atoms with Gasteiger partial charge in [-0.3, -0.25) is 0 Å². The Kier molecular flexibility index (Phi) is 5.18. The van der Waals surface area contributed by atoms with Gasteiger partial charge in [-0.2, -0.15) is 0 Å². The summed E-state index contributed by atoms with van der Waals surface area (Å²) in [5.74, 6) is 0.468. The quantitative estimate of drug-likeness (QED) is 0.385. The number of methoxy groups -OCH3 is 1. The molecule has 0 unspecified atom stereocenters. The molecule has 3 aromatic carbocycles. The number of benzene rings is 3. The molecule has 0 aromatic heterocycles. The van der Waals surface area contributed by atoms with Gasteiger partial charge in [0.2, 0.25) is 0 Å². The molecule has 0 N–H and O–H groups in total. The van der Waals surface area contributed by atoms with E-state index in [-0.39, 0.29) is 10.9 Å².